The Kier molecular flexibility index (Phi) is 6.39. The minimum absolute atomic E-state index is 0.129. The van der Waals surface area contributed by atoms with Crippen molar-refractivity contribution >= 4 is 23.4 Å². The number of carbonyl (C=O) groups is 3. The normalized spacial score (nSPS) is 12.8. The summed E-state index contributed by atoms with van der Waals surface area (Å²) < 4.78 is 14.9. The lowest BCUT2D eigenvalue weighted by Crippen LogP contribution is -2.30. The third-order valence-electron chi connectivity index (χ3n) is 5.31. The van der Waals surface area contributed by atoms with Gasteiger partial charge >= 0.3 is 0 Å². The van der Waals surface area contributed by atoms with Gasteiger partial charge in [-0.25, -0.2) is 4.39 Å². The molecule has 0 bridgehead atoms. The maximum Gasteiger partial charge on any atom is 0.261 e. The molecule has 1 aliphatic heterocycles. The zero-order valence-corrected chi connectivity index (χ0v) is 17.5. The summed E-state index contributed by atoms with van der Waals surface area (Å²) in [5.41, 5.74) is 2.27. The van der Waals surface area contributed by atoms with Crippen molar-refractivity contribution in [2.24, 2.45) is 0 Å². The van der Waals surface area contributed by atoms with Gasteiger partial charge < -0.3 is 5.32 Å². The van der Waals surface area contributed by atoms with Gasteiger partial charge in [0.2, 0.25) is 5.91 Å². The van der Waals surface area contributed by atoms with E-state index in [1.54, 1.807) is 47.4 Å². The van der Waals surface area contributed by atoms with Gasteiger partial charge in [0.25, 0.3) is 11.8 Å². The SMILES string of the molecule is O=C(CCCCCN1C(=O)c2ccccc2C1=O)Nc1cnn(Cc2cccc(F)c2)c1. The predicted octanol–water partition coefficient (Wildman–Crippen LogP) is 3.87. The molecule has 0 spiro atoms. The van der Waals surface area contributed by atoms with Gasteiger partial charge in [-0.3, -0.25) is 24.0 Å². The second kappa shape index (κ2) is 9.55. The lowest BCUT2D eigenvalue weighted by Gasteiger charge is -2.13. The van der Waals surface area contributed by atoms with Gasteiger partial charge in [-0.15, -0.1) is 0 Å². The first-order chi connectivity index (χ1) is 15.5. The molecular weight excluding hydrogens is 411 g/mol. The van der Waals surface area contributed by atoms with E-state index in [2.05, 4.69) is 10.4 Å². The predicted molar refractivity (Wildman–Crippen MR) is 117 cm³/mol. The Hall–Kier alpha value is -3.81. The monoisotopic (exact) mass is 434 g/mol. The number of fused-ring (bicyclic) bond motifs is 1. The third kappa shape index (κ3) is 4.91. The summed E-state index contributed by atoms with van der Waals surface area (Å²) in [7, 11) is 0. The van der Waals surface area contributed by atoms with E-state index in [-0.39, 0.29) is 23.5 Å². The van der Waals surface area contributed by atoms with Crippen LogP contribution in [0, 0.1) is 5.82 Å². The number of anilines is 1. The lowest BCUT2D eigenvalue weighted by atomic mass is 10.1. The average molecular weight is 434 g/mol. The molecule has 0 atom stereocenters. The second-order valence-corrected chi connectivity index (χ2v) is 7.72. The molecule has 1 aromatic heterocycles. The molecule has 0 saturated heterocycles. The number of hydrogen-bond acceptors (Lipinski definition) is 4. The number of nitrogens with one attached hydrogen (secondary N) is 1. The smallest absolute Gasteiger partial charge is 0.261 e. The van der Waals surface area contributed by atoms with E-state index in [4.69, 9.17) is 0 Å². The van der Waals surface area contributed by atoms with E-state index in [0.29, 0.717) is 49.2 Å². The second-order valence-electron chi connectivity index (χ2n) is 7.72. The molecule has 4 rings (SSSR count). The zero-order valence-electron chi connectivity index (χ0n) is 17.5. The summed E-state index contributed by atoms with van der Waals surface area (Å²) in [6.07, 6.45) is 5.60. The molecule has 3 amide bonds. The highest BCUT2D eigenvalue weighted by Crippen LogP contribution is 2.22. The minimum Gasteiger partial charge on any atom is -0.323 e. The topological polar surface area (TPSA) is 84.3 Å². The van der Waals surface area contributed by atoms with Crippen molar-refractivity contribution in [3.63, 3.8) is 0 Å². The van der Waals surface area contributed by atoms with Crippen molar-refractivity contribution in [2.45, 2.75) is 32.2 Å². The molecule has 0 unspecified atom stereocenters. The quantitative estimate of drug-likeness (QED) is 0.409. The first-order valence-electron chi connectivity index (χ1n) is 10.5. The van der Waals surface area contributed by atoms with Crippen LogP contribution in [-0.4, -0.2) is 38.9 Å². The fourth-order valence-corrected chi connectivity index (χ4v) is 3.73. The van der Waals surface area contributed by atoms with E-state index < -0.39 is 0 Å². The summed E-state index contributed by atoms with van der Waals surface area (Å²) in [5, 5.41) is 6.99. The Balaban J connectivity index is 1.17. The van der Waals surface area contributed by atoms with Crippen LogP contribution in [0.5, 0.6) is 0 Å². The van der Waals surface area contributed by atoms with Crippen LogP contribution < -0.4 is 5.32 Å². The largest absolute Gasteiger partial charge is 0.323 e. The van der Waals surface area contributed by atoms with Crippen LogP contribution in [0.1, 0.15) is 52.0 Å². The van der Waals surface area contributed by atoms with Gasteiger partial charge in [-0.05, 0) is 42.7 Å². The van der Waals surface area contributed by atoms with Crippen LogP contribution >= 0.6 is 0 Å². The first-order valence-corrected chi connectivity index (χ1v) is 10.5. The summed E-state index contributed by atoms with van der Waals surface area (Å²) in [5.74, 6) is -0.931. The van der Waals surface area contributed by atoms with Crippen LogP contribution in [0.15, 0.2) is 60.9 Å². The Bertz CT molecular complexity index is 1120. The number of halogens is 1. The standard InChI is InChI=1S/C24H23FN4O3/c25-18-8-6-7-17(13-18)15-28-16-19(14-26-28)27-22(30)11-2-1-5-12-29-23(31)20-9-3-4-10-21(20)24(29)32/h3-4,6-10,13-14,16H,1-2,5,11-12,15H2,(H,27,30). The van der Waals surface area contributed by atoms with Crippen molar-refractivity contribution in [3.05, 3.63) is 83.4 Å². The maximum absolute atomic E-state index is 13.3. The molecule has 164 valence electrons. The molecule has 0 saturated carbocycles. The molecule has 1 aliphatic rings. The molecule has 0 radical (unpaired) electrons. The molecular formula is C24H23FN4O3. The van der Waals surface area contributed by atoms with E-state index >= 15 is 0 Å². The Labute approximate surface area is 184 Å². The third-order valence-corrected chi connectivity index (χ3v) is 5.31. The molecule has 7 nitrogen and oxygen atoms in total. The number of unbranched alkanes of at least 4 members (excludes halogenated alkanes) is 2. The maximum atomic E-state index is 13.3. The van der Waals surface area contributed by atoms with E-state index in [0.717, 1.165) is 12.0 Å². The summed E-state index contributed by atoms with van der Waals surface area (Å²) >= 11 is 0. The average Bonchev–Trinajstić information content (AvgIpc) is 3.31. The summed E-state index contributed by atoms with van der Waals surface area (Å²) in [4.78, 5) is 38.1. The summed E-state index contributed by atoms with van der Waals surface area (Å²) in [6, 6.07) is 13.1. The Morgan fingerprint density at radius 2 is 1.72 bits per heavy atom. The molecule has 0 aliphatic carbocycles. The van der Waals surface area contributed by atoms with Crippen molar-refractivity contribution < 1.29 is 18.8 Å². The fourth-order valence-electron chi connectivity index (χ4n) is 3.73. The molecule has 8 heteroatoms. The highest BCUT2D eigenvalue weighted by molar-refractivity contribution is 6.21. The van der Waals surface area contributed by atoms with Crippen molar-refractivity contribution in [2.75, 3.05) is 11.9 Å². The number of hydrogen-bond donors (Lipinski definition) is 1. The molecule has 1 N–H and O–H groups in total. The molecule has 32 heavy (non-hydrogen) atoms. The number of aromatic nitrogens is 2. The number of carbonyl (C=O) groups excluding carboxylic acids is 3. The first kappa shape index (κ1) is 21.4. The summed E-state index contributed by atoms with van der Waals surface area (Å²) in [6.45, 7) is 0.756. The van der Waals surface area contributed by atoms with E-state index in [1.165, 1.54) is 17.0 Å². The van der Waals surface area contributed by atoms with E-state index in [9.17, 15) is 18.8 Å². The number of benzene rings is 2. The highest BCUT2D eigenvalue weighted by atomic mass is 19.1. The molecule has 0 fully saturated rings. The molecule has 2 aromatic carbocycles. The fraction of sp³-hybridized carbons (Fsp3) is 0.250. The van der Waals surface area contributed by atoms with Gasteiger partial charge in [0, 0.05) is 19.2 Å². The van der Waals surface area contributed by atoms with Gasteiger partial charge in [-0.1, -0.05) is 30.7 Å². The Morgan fingerprint density at radius 3 is 2.44 bits per heavy atom. The molecule has 3 aromatic rings. The van der Waals surface area contributed by atoms with Crippen LogP contribution in [0.2, 0.25) is 0 Å². The van der Waals surface area contributed by atoms with E-state index in [1.807, 2.05) is 6.07 Å². The van der Waals surface area contributed by atoms with Gasteiger partial charge in [0.05, 0.1) is 29.6 Å². The van der Waals surface area contributed by atoms with Gasteiger partial charge in [0.1, 0.15) is 5.82 Å². The number of rotatable bonds is 9. The van der Waals surface area contributed by atoms with Gasteiger partial charge in [-0.2, -0.15) is 5.10 Å². The number of amides is 3. The zero-order chi connectivity index (χ0) is 22.5. The highest BCUT2D eigenvalue weighted by Gasteiger charge is 2.34. The molecule has 2 heterocycles. The van der Waals surface area contributed by atoms with Gasteiger partial charge in [0.15, 0.2) is 0 Å². The Morgan fingerprint density at radius 1 is 0.969 bits per heavy atom. The van der Waals surface area contributed by atoms with Crippen LogP contribution in [0.25, 0.3) is 0 Å². The lowest BCUT2D eigenvalue weighted by molar-refractivity contribution is -0.116. The van der Waals surface area contributed by atoms with Crippen LogP contribution in [-0.2, 0) is 11.3 Å². The van der Waals surface area contributed by atoms with Crippen LogP contribution in [0.3, 0.4) is 0 Å². The van der Waals surface area contributed by atoms with Crippen LogP contribution in [0.4, 0.5) is 10.1 Å². The van der Waals surface area contributed by atoms with Crippen molar-refractivity contribution in [1.82, 2.24) is 14.7 Å². The minimum atomic E-state index is -0.300. The van der Waals surface area contributed by atoms with Crippen molar-refractivity contribution in [3.8, 4) is 0 Å². The van der Waals surface area contributed by atoms with Crippen molar-refractivity contribution in [1.29, 1.82) is 0 Å². The number of nitrogens with zero attached hydrogens (tertiary/aromatic N) is 3. The number of imide groups is 1.